The van der Waals surface area contributed by atoms with Crippen molar-refractivity contribution in [3.63, 3.8) is 0 Å². The highest BCUT2D eigenvalue weighted by Gasteiger charge is 2.30. The Kier molecular flexibility index (Phi) is 10.8. The molecule has 3 rings (SSSR count). The molecule has 0 bridgehead atoms. The molecule has 34 heavy (non-hydrogen) atoms. The van der Waals surface area contributed by atoms with Crippen LogP contribution in [0.25, 0.3) is 0 Å². The minimum Gasteiger partial charge on any atom is -0.378 e. The molecular formula is C27H40N4O3. The fraction of sp³-hybridized carbons (Fsp3) is 0.667. The van der Waals surface area contributed by atoms with Crippen molar-refractivity contribution in [3.8, 4) is 6.07 Å². The smallest absolute Gasteiger partial charge is 0.224 e. The molecule has 1 unspecified atom stereocenters. The molecule has 7 nitrogen and oxygen atoms in total. The van der Waals surface area contributed by atoms with Gasteiger partial charge in [0.05, 0.1) is 19.3 Å². The summed E-state index contributed by atoms with van der Waals surface area (Å²) in [6.07, 6.45) is 6.83. The van der Waals surface area contributed by atoms with Crippen molar-refractivity contribution in [1.82, 2.24) is 15.1 Å². The van der Waals surface area contributed by atoms with E-state index in [-0.39, 0.29) is 18.2 Å². The van der Waals surface area contributed by atoms with Crippen molar-refractivity contribution in [1.29, 1.82) is 5.26 Å². The minimum absolute atomic E-state index is 0.0204. The first-order valence-corrected chi connectivity index (χ1v) is 12.9. The molecule has 2 amide bonds. The first kappa shape index (κ1) is 26.2. The summed E-state index contributed by atoms with van der Waals surface area (Å²) in [4.78, 5) is 30.3. The maximum atomic E-state index is 13.4. The van der Waals surface area contributed by atoms with Crippen molar-refractivity contribution in [2.75, 3.05) is 39.4 Å². The van der Waals surface area contributed by atoms with Gasteiger partial charge in [0.1, 0.15) is 6.04 Å². The number of ether oxygens (including phenoxy) is 1. The van der Waals surface area contributed by atoms with Crippen LogP contribution < -0.4 is 5.32 Å². The highest BCUT2D eigenvalue weighted by molar-refractivity contribution is 5.86. The van der Waals surface area contributed by atoms with Gasteiger partial charge < -0.3 is 15.0 Å². The van der Waals surface area contributed by atoms with E-state index in [4.69, 9.17) is 4.74 Å². The summed E-state index contributed by atoms with van der Waals surface area (Å²) in [5.41, 5.74) is 1.18. The number of nitrogens with zero attached hydrogens (tertiary/aromatic N) is 3. The van der Waals surface area contributed by atoms with E-state index in [0.29, 0.717) is 38.8 Å². The van der Waals surface area contributed by atoms with Crippen LogP contribution in [-0.4, -0.2) is 67.0 Å². The molecule has 0 radical (unpaired) electrons. The van der Waals surface area contributed by atoms with E-state index in [9.17, 15) is 14.9 Å². The lowest BCUT2D eigenvalue weighted by Crippen LogP contribution is -2.47. The first-order valence-electron chi connectivity index (χ1n) is 12.9. The number of carbonyl (C=O) groups excluding carboxylic acids is 2. The van der Waals surface area contributed by atoms with E-state index in [0.717, 1.165) is 32.4 Å². The zero-order valence-corrected chi connectivity index (χ0v) is 20.6. The molecule has 0 spiro atoms. The van der Waals surface area contributed by atoms with Crippen LogP contribution in [0.3, 0.4) is 0 Å². The summed E-state index contributed by atoms with van der Waals surface area (Å²) in [6.45, 7) is 6.31. The Labute approximate surface area is 204 Å². The van der Waals surface area contributed by atoms with E-state index in [1.165, 1.54) is 24.8 Å². The molecule has 1 saturated heterocycles. The van der Waals surface area contributed by atoms with Gasteiger partial charge in [0.15, 0.2) is 0 Å². The molecule has 1 N–H and O–H groups in total. The normalized spacial score (nSPS) is 18.8. The molecule has 2 aliphatic rings. The van der Waals surface area contributed by atoms with E-state index >= 15 is 0 Å². The number of nitriles is 1. The van der Waals surface area contributed by atoms with E-state index in [2.05, 4.69) is 35.3 Å². The number of amides is 2. The number of hydrogen-bond donors (Lipinski definition) is 1. The zero-order valence-electron chi connectivity index (χ0n) is 20.6. The highest BCUT2D eigenvalue weighted by atomic mass is 16.5. The fourth-order valence-corrected chi connectivity index (χ4v) is 5.07. The van der Waals surface area contributed by atoms with E-state index in [1.807, 2.05) is 23.1 Å². The van der Waals surface area contributed by atoms with E-state index in [1.54, 1.807) is 0 Å². The van der Waals surface area contributed by atoms with Gasteiger partial charge in [0, 0.05) is 38.5 Å². The average Bonchev–Trinajstić information content (AvgIpc) is 2.89. The Bertz CT molecular complexity index is 798. The Balaban J connectivity index is 1.61. The third kappa shape index (κ3) is 8.41. The number of nitrogens with one attached hydrogen (secondary N) is 1. The van der Waals surface area contributed by atoms with Gasteiger partial charge in [-0.15, -0.1) is 0 Å². The molecule has 1 aliphatic carbocycles. The van der Waals surface area contributed by atoms with Gasteiger partial charge in [-0.3, -0.25) is 14.5 Å². The second-order valence-corrected chi connectivity index (χ2v) is 9.64. The summed E-state index contributed by atoms with van der Waals surface area (Å²) in [6, 6.07) is 11.8. The predicted octanol–water partition coefficient (Wildman–Crippen LogP) is 3.35. The Morgan fingerprint density at radius 1 is 1.18 bits per heavy atom. The van der Waals surface area contributed by atoms with Crippen molar-refractivity contribution >= 4 is 11.8 Å². The Hall–Kier alpha value is -2.43. The van der Waals surface area contributed by atoms with Gasteiger partial charge in [0.25, 0.3) is 0 Å². The number of likely N-dealkylation sites (N-methyl/N-ethyl adjacent to an activating group) is 1. The largest absolute Gasteiger partial charge is 0.378 e. The lowest BCUT2D eigenvalue weighted by Gasteiger charge is -2.31. The zero-order chi connectivity index (χ0) is 24.2. The average molecular weight is 469 g/mol. The summed E-state index contributed by atoms with van der Waals surface area (Å²) in [5, 5.41) is 12.8. The summed E-state index contributed by atoms with van der Waals surface area (Å²) in [5.74, 6) is -0.0484. The standard InChI is InChI=1S/C27H40N4O3/c1-2-30(20-23-11-7-4-8-12-23)21-25(19-28)29-27(33)24(17-22-9-5-3-6-10-22)18-26(32)31-13-15-34-16-14-31/h4,7-8,11-12,22,24-25H,2-3,5-6,9-10,13-18,20-21H2,1H3,(H,29,33)/t24?,25-/m1/s1. The van der Waals surface area contributed by atoms with Gasteiger partial charge in [-0.25, -0.2) is 0 Å². The number of morpholine rings is 1. The molecule has 0 aromatic heterocycles. The summed E-state index contributed by atoms with van der Waals surface area (Å²) in [7, 11) is 0. The fourth-order valence-electron chi connectivity index (χ4n) is 5.07. The molecule has 1 aliphatic heterocycles. The van der Waals surface area contributed by atoms with Gasteiger partial charge in [-0.05, 0) is 24.4 Å². The molecule has 1 heterocycles. The van der Waals surface area contributed by atoms with Crippen molar-refractivity contribution < 1.29 is 14.3 Å². The third-order valence-electron chi connectivity index (χ3n) is 7.11. The quantitative estimate of drug-likeness (QED) is 0.538. The van der Waals surface area contributed by atoms with Crippen molar-refractivity contribution in [2.24, 2.45) is 11.8 Å². The number of benzene rings is 1. The molecular weight excluding hydrogens is 428 g/mol. The van der Waals surface area contributed by atoms with Crippen molar-refractivity contribution in [3.05, 3.63) is 35.9 Å². The topological polar surface area (TPSA) is 85.7 Å². The van der Waals surface area contributed by atoms with E-state index < -0.39 is 12.0 Å². The van der Waals surface area contributed by atoms with Crippen molar-refractivity contribution in [2.45, 2.75) is 64.5 Å². The monoisotopic (exact) mass is 468 g/mol. The lowest BCUT2D eigenvalue weighted by atomic mass is 9.81. The van der Waals surface area contributed by atoms with Crippen LogP contribution in [0.1, 0.15) is 57.4 Å². The van der Waals surface area contributed by atoms with Crippen LogP contribution >= 0.6 is 0 Å². The van der Waals surface area contributed by atoms with Crippen LogP contribution in [0.4, 0.5) is 0 Å². The maximum absolute atomic E-state index is 13.4. The molecule has 1 aromatic carbocycles. The molecule has 1 saturated carbocycles. The summed E-state index contributed by atoms with van der Waals surface area (Å²) >= 11 is 0. The van der Waals surface area contributed by atoms with Crippen LogP contribution in [0.15, 0.2) is 30.3 Å². The van der Waals surface area contributed by atoms with Gasteiger partial charge in [-0.1, -0.05) is 69.4 Å². The van der Waals surface area contributed by atoms with Gasteiger partial charge in [0.2, 0.25) is 11.8 Å². The lowest BCUT2D eigenvalue weighted by molar-refractivity contribution is -0.140. The van der Waals surface area contributed by atoms with Crippen LogP contribution in [0, 0.1) is 23.2 Å². The first-order chi connectivity index (χ1) is 16.6. The number of hydrogen-bond acceptors (Lipinski definition) is 5. The number of carbonyl (C=O) groups is 2. The minimum atomic E-state index is -0.608. The van der Waals surface area contributed by atoms with Gasteiger partial charge in [-0.2, -0.15) is 5.26 Å². The number of rotatable bonds is 11. The predicted molar refractivity (Wildman–Crippen MR) is 132 cm³/mol. The molecule has 1 aromatic rings. The maximum Gasteiger partial charge on any atom is 0.224 e. The molecule has 186 valence electrons. The van der Waals surface area contributed by atoms with Gasteiger partial charge >= 0.3 is 0 Å². The third-order valence-corrected chi connectivity index (χ3v) is 7.11. The SMILES string of the molecule is CCN(Cc1ccccc1)C[C@@H](C#N)NC(=O)C(CC(=O)N1CCOCC1)CC1CCCCC1. The molecule has 2 atom stereocenters. The second-order valence-electron chi connectivity index (χ2n) is 9.64. The Morgan fingerprint density at radius 3 is 2.53 bits per heavy atom. The molecule has 7 heteroatoms. The van der Waals surface area contributed by atoms with Crippen LogP contribution in [0.5, 0.6) is 0 Å². The molecule has 2 fully saturated rings. The second kappa shape index (κ2) is 14.1. The van der Waals surface area contributed by atoms with Crippen LogP contribution in [-0.2, 0) is 20.9 Å². The highest BCUT2D eigenvalue weighted by Crippen LogP contribution is 2.30. The Morgan fingerprint density at radius 2 is 1.88 bits per heavy atom. The van der Waals surface area contributed by atoms with Crippen LogP contribution in [0.2, 0.25) is 0 Å². The summed E-state index contributed by atoms with van der Waals surface area (Å²) < 4.78 is 5.37.